The van der Waals surface area contributed by atoms with Crippen molar-refractivity contribution < 1.29 is 50.7 Å². The highest BCUT2D eigenvalue weighted by molar-refractivity contribution is 5.32. The third-order valence-corrected chi connectivity index (χ3v) is 5.68. The highest BCUT2D eigenvalue weighted by Crippen LogP contribution is 2.15. The summed E-state index contributed by atoms with van der Waals surface area (Å²) in [6.45, 7) is -1.56. The summed E-state index contributed by atoms with van der Waals surface area (Å²) in [5, 5.41) is 95.1. The number of H-pyrrole nitrogens is 4. The zero-order valence-corrected chi connectivity index (χ0v) is 21.4. The first-order valence-electron chi connectivity index (χ1n) is 11.8. The number of nitrogens with one attached hydrogen (secondary N) is 4. The molecule has 0 aromatic carbocycles. The number of rotatable bonds is 14. The number of aliphatic hydroxyl groups is 8. The van der Waals surface area contributed by atoms with Crippen molar-refractivity contribution in [1.82, 2.24) is 19.9 Å². The van der Waals surface area contributed by atoms with Gasteiger partial charge >= 0.3 is 33.9 Å². The van der Waals surface area contributed by atoms with Crippen LogP contribution in [0.4, 0.5) is 11.4 Å². The van der Waals surface area contributed by atoms with Gasteiger partial charge in [0.1, 0.15) is 35.8 Å². The van der Waals surface area contributed by atoms with E-state index in [4.69, 9.17) is 20.4 Å². The van der Waals surface area contributed by atoms with Crippen LogP contribution in [-0.2, 0) is 12.8 Å². The van der Waals surface area contributed by atoms with Gasteiger partial charge < -0.3 is 50.8 Å². The van der Waals surface area contributed by atoms with Gasteiger partial charge in [-0.05, 0) is 25.7 Å². The molecule has 0 aliphatic heterocycles. The van der Waals surface area contributed by atoms with E-state index in [-0.39, 0.29) is 37.1 Å². The molecular formula is C20H30N6O16. The number of nitrogens with zero attached hydrogens (tertiary/aromatic N) is 2. The van der Waals surface area contributed by atoms with Crippen molar-refractivity contribution in [1.29, 1.82) is 0 Å². The van der Waals surface area contributed by atoms with E-state index < -0.39 is 93.6 Å². The summed E-state index contributed by atoms with van der Waals surface area (Å²) in [6.07, 6.45) is -10.6. The van der Waals surface area contributed by atoms with Crippen LogP contribution in [0.2, 0.25) is 0 Å². The molecule has 0 saturated heterocycles. The molecule has 0 aliphatic carbocycles. The molecule has 22 heteroatoms. The van der Waals surface area contributed by atoms with Crippen LogP contribution >= 0.6 is 0 Å². The van der Waals surface area contributed by atoms with Crippen LogP contribution in [0.25, 0.3) is 0 Å². The fourth-order valence-electron chi connectivity index (χ4n) is 3.46. The zero-order chi connectivity index (χ0) is 32.3. The summed E-state index contributed by atoms with van der Waals surface area (Å²) >= 11 is 0. The van der Waals surface area contributed by atoms with Gasteiger partial charge in [-0.1, -0.05) is 0 Å². The summed E-state index contributed by atoms with van der Waals surface area (Å²) in [5.74, 6) is 0. The fraction of sp³-hybridized carbons (Fsp3) is 0.600. The Labute approximate surface area is 231 Å². The van der Waals surface area contributed by atoms with Crippen LogP contribution in [0.15, 0.2) is 19.2 Å². The lowest BCUT2D eigenvalue weighted by Crippen LogP contribution is -2.39. The smallest absolute Gasteiger partial charge is 0.353 e. The van der Waals surface area contributed by atoms with Crippen molar-refractivity contribution in [2.75, 3.05) is 13.2 Å². The second kappa shape index (κ2) is 16.3. The minimum atomic E-state index is -1.66. The standard InChI is InChI=1S/2C10H15N3O8/c2*14-3-6(16)8(17)5(15)2-1-4-7(13(20)21)9(18)12-10(19)11-4/h2*5-6,8,14-17H,1-3H2,(H2,11,12,18,19)/t2*5-,6+,8-/m11/s1. The predicted molar refractivity (Wildman–Crippen MR) is 136 cm³/mol. The number of aromatic nitrogens is 4. The van der Waals surface area contributed by atoms with Crippen LogP contribution in [-0.4, -0.2) is 120 Å². The van der Waals surface area contributed by atoms with E-state index in [2.05, 4.69) is 9.97 Å². The van der Waals surface area contributed by atoms with Crippen molar-refractivity contribution >= 4 is 11.4 Å². The van der Waals surface area contributed by atoms with Gasteiger partial charge in [-0.2, -0.15) is 0 Å². The zero-order valence-electron chi connectivity index (χ0n) is 21.4. The summed E-state index contributed by atoms with van der Waals surface area (Å²) in [5.41, 5.74) is -6.57. The minimum absolute atomic E-state index is 0.279. The monoisotopic (exact) mass is 610 g/mol. The van der Waals surface area contributed by atoms with Gasteiger partial charge in [-0.3, -0.25) is 39.8 Å². The lowest BCUT2D eigenvalue weighted by molar-refractivity contribution is -0.387. The van der Waals surface area contributed by atoms with Crippen LogP contribution < -0.4 is 22.5 Å². The third kappa shape index (κ3) is 10.0. The van der Waals surface area contributed by atoms with Gasteiger partial charge in [-0.25, -0.2) is 9.59 Å². The third-order valence-electron chi connectivity index (χ3n) is 5.68. The minimum Gasteiger partial charge on any atom is -0.394 e. The number of nitro groups is 2. The molecule has 2 rings (SSSR count). The Morgan fingerprint density at radius 3 is 1.14 bits per heavy atom. The molecule has 22 nitrogen and oxygen atoms in total. The van der Waals surface area contributed by atoms with E-state index >= 15 is 0 Å². The Kier molecular flexibility index (Phi) is 13.9. The van der Waals surface area contributed by atoms with Crippen molar-refractivity contribution in [3.8, 4) is 0 Å². The first-order valence-corrected chi connectivity index (χ1v) is 11.8. The quantitative estimate of drug-likeness (QED) is 0.0699. The van der Waals surface area contributed by atoms with Gasteiger partial charge in [0, 0.05) is 0 Å². The summed E-state index contributed by atoms with van der Waals surface area (Å²) in [6, 6.07) is 0. The van der Waals surface area contributed by atoms with E-state index in [9.17, 15) is 59.8 Å². The molecule has 2 aromatic heterocycles. The van der Waals surface area contributed by atoms with Crippen molar-refractivity contribution in [2.24, 2.45) is 0 Å². The number of hydrogen-bond acceptors (Lipinski definition) is 16. The Bertz CT molecular complexity index is 1330. The highest BCUT2D eigenvalue weighted by Gasteiger charge is 2.28. The summed E-state index contributed by atoms with van der Waals surface area (Å²) < 4.78 is 0. The first-order chi connectivity index (χ1) is 19.5. The average Bonchev–Trinajstić information content (AvgIpc) is 2.91. The van der Waals surface area contributed by atoms with Gasteiger partial charge in [0.05, 0.1) is 35.3 Å². The van der Waals surface area contributed by atoms with E-state index in [1.54, 1.807) is 9.97 Å². The lowest BCUT2D eigenvalue weighted by atomic mass is 10.0. The summed E-state index contributed by atoms with van der Waals surface area (Å²) in [4.78, 5) is 72.0. The van der Waals surface area contributed by atoms with Gasteiger partial charge in [0.15, 0.2) is 0 Å². The first kappa shape index (κ1) is 35.9. The molecule has 12 N–H and O–H groups in total. The lowest BCUT2D eigenvalue weighted by Gasteiger charge is -2.21. The highest BCUT2D eigenvalue weighted by atomic mass is 16.6. The molecule has 2 aromatic rings. The summed E-state index contributed by atoms with van der Waals surface area (Å²) in [7, 11) is 0. The Morgan fingerprint density at radius 1 is 0.571 bits per heavy atom. The molecule has 0 spiro atoms. The predicted octanol–water partition coefficient (Wildman–Crippen LogP) is -6.04. The second-order valence-electron chi connectivity index (χ2n) is 8.68. The van der Waals surface area contributed by atoms with Crippen molar-refractivity contribution in [3.63, 3.8) is 0 Å². The molecule has 236 valence electrons. The SMILES string of the molecule is O=c1[nH]c(CC[C@@H](O)[C@@H](O)[C@@H](O)CO)c([N+](=O)[O-])c(=O)[nH]1.O=c1[nH]c(CC[C@@H](O)[C@@H](O)[C@@H](O)CO)c([N+](=O)[O-])c(=O)[nH]1. The van der Waals surface area contributed by atoms with Crippen LogP contribution in [0.1, 0.15) is 24.2 Å². The number of hydrogen-bond donors (Lipinski definition) is 12. The number of aromatic amines is 4. The fourth-order valence-corrected chi connectivity index (χ4v) is 3.46. The number of aryl methyl sites for hydroxylation is 2. The van der Waals surface area contributed by atoms with E-state index in [1.807, 2.05) is 0 Å². The molecule has 0 unspecified atom stereocenters. The second-order valence-corrected chi connectivity index (χ2v) is 8.68. The Morgan fingerprint density at radius 2 is 0.881 bits per heavy atom. The average molecular weight is 610 g/mol. The Hall–Kier alpha value is -4.16. The van der Waals surface area contributed by atoms with Crippen molar-refractivity contribution in [2.45, 2.75) is 62.3 Å². The van der Waals surface area contributed by atoms with Gasteiger partial charge in [0.25, 0.3) is 0 Å². The normalized spacial score (nSPS) is 15.4. The molecule has 0 radical (unpaired) electrons. The molecular weight excluding hydrogens is 580 g/mol. The van der Waals surface area contributed by atoms with E-state index in [1.165, 1.54) is 0 Å². The van der Waals surface area contributed by atoms with E-state index in [0.29, 0.717) is 0 Å². The molecule has 42 heavy (non-hydrogen) atoms. The van der Waals surface area contributed by atoms with Gasteiger partial charge in [-0.15, -0.1) is 0 Å². The molecule has 6 atom stereocenters. The van der Waals surface area contributed by atoms with Crippen LogP contribution in [0.3, 0.4) is 0 Å². The Balaban J connectivity index is 0.000000420. The maximum Gasteiger partial charge on any atom is 0.353 e. The molecule has 0 saturated carbocycles. The van der Waals surface area contributed by atoms with Gasteiger partial charge in [0.2, 0.25) is 0 Å². The number of aliphatic hydroxyl groups excluding tert-OH is 8. The van der Waals surface area contributed by atoms with Crippen molar-refractivity contribution in [3.05, 3.63) is 73.3 Å². The topological polar surface area (TPSA) is 380 Å². The molecule has 0 bridgehead atoms. The molecule has 0 aliphatic rings. The molecule has 0 fully saturated rings. The maximum absolute atomic E-state index is 11.3. The maximum atomic E-state index is 11.3. The largest absolute Gasteiger partial charge is 0.394 e. The van der Waals surface area contributed by atoms with Crippen LogP contribution in [0, 0.1) is 20.2 Å². The molecule has 0 amide bonds. The van der Waals surface area contributed by atoms with Crippen LogP contribution in [0.5, 0.6) is 0 Å². The van der Waals surface area contributed by atoms with E-state index in [0.717, 1.165) is 0 Å². The molecule has 2 heterocycles.